The average Bonchev–Trinajstić information content (AvgIpc) is 3.08. The molecule has 0 bridgehead atoms. The lowest BCUT2D eigenvalue weighted by atomic mass is 10.2. The van der Waals surface area contributed by atoms with Crippen molar-refractivity contribution in [3.8, 4) is 17.2 Å². The van der Waals surface area contributed by atoms with Gasteiger partial charge in [-0.3, -0.25) is 9.59 Å². The lowest BCUT2D eigenvalue weighted by Gasteiger charge is -2.12. The number of amides is 1. The van der Waals surface area contributed by atoms with Crippen LogP contribution in [0.1, 0.15) is 12.2 Å². The Morgan fingerprint density at radius 2 is 1.94 bits per heavy atom. The second-order valence-corrected chi connectivity index (χ2v) is 9.57. The van der Waals surface area contributed by atoms with E-state index in [9.17, 15) is 18.0 Å². The van der Waals surface area contributed by atoms with Crippen molar-refractivity contribution in [1.82, 2.24) is 5.32 Å². The number of para-hydroxylation sites is 1. The molecule has 0 spiro atoms. The van der Waals surface area contributed by atoms with Crippen LogP contribution in [-0.2, 0) is 14.6 Å². The lowest BCUT2D eigenvalue weighted by Crippen LogP contribution is -2.38. The van der Waals surface area contributed by atoms with E-state index >= 15 is 0 Å². The van der Waals surface area contributed by atoms with Crippen molar-refractivity contribution in [3.05, 3.63) is 64.5 Å². The van der Waals surface area contributed by atoms with Gasteiger partial charge in [0.15, 0.2) is 16.4 Å². The standard InChI is InChI=1S/C22H21NO7S/c1-14-22(30-16-5-3-2-4-6-16)21(25)18-8-7-17(11-19(18)29-14)28-12-20(24)23-15-9-10-31(26,27)13-15/h2-8,11,15H,9-10,12-13H2,1H3,(H,23,24). The van der Waals surface area contributed by atoms with Crippen LogP contribution in [0.25, 0.3) is 11.0 Å². The van der Waals surface area contributed by atoms with E-state index in [0.29, 0.717) is 34.6 Å². The minimum atomic E-state index is -3.07. The highest BCUT2D eigenvalue weighted by Crippen LogP contribution is 2.27. The van der Waals surface area contributed by atoms with E-state index in [4.69, 9.17) is 13.9 Å². The molecule has 0 aliphatic carbocycles. The molecule has 1 aromatic heterocycles. The van der Waals surface area contributed by atoms with E-state index in [1.807, 2.05) is 6.07 Å². The molecule has 1 fully saturated rings. The van der Waals surface area contributed by atoms with E-state index in [2.05, 4.69) is 5.32 Å². The molecule has 1 amide bonds. The molecule has 9 heteroatoms. The van der Waals surface area contributed by atoms with Crippen molar-refractivity contribution >= 4 is 26.7 Å². The van der Waals surface area contributed by atoms with Gasteiger partial charge in [-0.05, 0) is 37.6 Å². The van der Waals surface area contributed by atoms with Crippen LogP contribution in [0.2, 0.25) is 0 Å². The molecule has 8 nitrogen and oxygen atoms in total. The van der Waals surface area contributed by atoms with Crippen molar-refractivity contribution in [1.29, 1.82) is 0 Å². The van der Waals surface area contributed by atoms with Gasteiger partial charge in [0.25, 0.3) is 5.91 Å². The number of rotatable bonds is 6. The summed E-state index contributed by atoms with van der Waals surface area (Å²) in [5, 5.41) is 2.98. The summed E-state index contributed by atoms with van der Waals surface area (Å²) in [5.41, 5.74) is -0.00274. The normalized spacial score (nSPS) is 17.4. The number of aryl methyl sites for hydroxylation is 1. The minimum Gasteiger partial charge on any atom is -0.484 e. The fourth-order valence-electron chi connectivity index (χ4n) is 3.41. The van der Waals surface area contributed by atoms with E-state index < -0.39 is 15.7 Å². The molecule has 1 aliphatic heterocycles. The largest absolute Gasteiger partial charge is 0.484 e. The number of hydrogen-bond donors (Lipinski definition) is 1. The molecule has 4 rings (SSSR count). The summed E-state index contributed by atoms with van der Waals surface area (Å²) in [7, 11) is -3.07. The summed E-state index contributed by atoms with van der Waals surface area (Å²) in [5.74, 6) is 0.923. The van der Waals surface area contributed by atoms with E-state index in [1.54, 1.807) is 43.3 Å². The summed E-state index contributed by atoms with van der Waals surface area (Å²) in [6.07, 6.45) is 0.405. The van der Waals surface area contributed by atoms with Crippen molar-refractivity contribution in [2.45, 2.75) is 19.4 Å². The molecular formula is C22H21NO7S. The highest BCUT2D eigenvalue weighted by Gasteiger charge is 2.28. The monoisotopic (exact) mass is 443 g/mol. The van der Waals surface area contributed by atoms with E-state index in [0.717, 1.165) is 0 Å². The smallest absolute Gasteiger partial charge is 0.258 e. The quantitative estimate of drug-likeness (QED) is 0.623. The van der Waals surface area contributed by atoms with Crippen molar-refractivity contribution in [2.75, 3.05) is 18.1 Å². The number of hydrogen-bond acceptors (Lipinski definition) is 7. The average molecular weight is 443 g/mol. The summed E-state index contributed by atoms with van der Waals surface area (Å²) in [6.45, 7) is 1.36. The minimum absolute atomic E-state index is 0.0491. The molecule has 1 N–H and O–H groups in total. The predicted octanol–water partition coefficient (Wildman–Crippen LogP) is 2.58. The molecule has 0 radical (unpaired) electrons. The molecule has 2 aromatic carbocycles. The Balaban J connectivity index is 1.46. The maximum Gasteiger partial charge on any atom is 0.258 e. The van der Waals surface area contributed by atoms with E-state index in [1.165, 1.54) is 6.07 Å². The SMILES string of the molecule is Cc1oc2cc(OCC(=O)NC3CCS(=O)(=O)C3)ccc2c(=O)c1Oc1ccccc1. The number of carbonyl (C=O) groups excluding carboxylic acids is 1. The van der Waals surface area contributed by atoms with Crippen LogP contribution in [0.5, 0.6) is 17.2 Å². The highest BCUT2D eigenvalue weighted by molar-refractivity contribution is 7.91. The van der Waals surface area contributed by atoms with Crippen LogP contribution in [0, 0.1) is 6.92 Å². The van der Waals surface area contributed by atoms with Crippen LogP contribution in [0.4, 0.5) is 0 Å². The van der Waals surface area contributed by atoms with E-state index in [-0.39, 0.29) is 35.3 Å². The summed E-state index contributed by atoms with van der Waals surface area (Å²) in [4.78, 5) is 24.9. The zero-order valence-corrected chi connectivity index (χ0v) is 17.6. The van der Waals surface area contributed by atoms with Crippen molar-refractivity contribution < 1.29 is 27.1 Å². The summed E-state index contributed by atoms with van der Waals surface area (Å²) < 4.78 is 39.9. The molecule has 162 valence electrons. The molecule has 1 aliphatic rings. The Hall–Kier alpha value is -3.33. The van der Waals surface area contributed by atoms with Crippen LogP contribution in [-0.4, -0.2) is 38.5 Å². The summed E-state index contributed by atoms with van der Waals surface area (Å²) >= 11 is 0. The number of ether oxygens (including phenoxy) is 2. The Kier molecular flexibility index (Phi) is 5.69. The number of benzene rings is 2. The molecule has 0 saturated carbocycles. The van der Waals surface area contributed by atoms with Gasteiger partial charge in [0.1, 0.15) is 22.8 Å². The van der Waals surface area contributed by atoms with Gasteiger partial charge in [-0.1, -0.05) is 18.2 Å². The summed E-state index contributed by atoms with van der Waals surface area (Å²) in [6, 6.07) is 13.2. The number of carbonyl (C=O) groups is 1. The molecular weight excluding hydrogens is 422 g/mol. The predicted molar refractivity (Wildman–Crippen MR) is 114 cm³/mol. The third-order valence-corrected chi connectivity index (χ3v) is 6.69. The zero-order chi connectivity index (χ0) is 22.0. The molecule has 1 saturated heterocycles. The maximum absolute atomic E-state index is 12.8. The van der Waals surface area contributed by atoms with Gasteiger partial charge < -0.3 is 19.2 Å². The fraction of sp³-hybridized carbons (Fsp3) is 0.273. The third-order valence-electron chi connectivity index (χ3n) is 4.92. The first kappa shape index (κ1) is 20.9. The van der Waals surface area contributed by atoms with Gasteiger partial charge in [-0.25, -0.2) is 8.42 Å². The van der Waals surface area contributed by atoms with Crippen LogP contribution in [0.3, 0.4) is 0 Å². The fourth-order valence-corrected chi connectivity index (χ4v) is 5.08. The van der Waals surface area contributed by atoms with Gasteiger partial charge >= 0.3 is 0 Å². The Bertz CT molecular complexity index is 1280. The second kappa shape index (κ2) is 8.43. The maximum atomic E-state index is 12.8. The molecule has 31 heavy (non-hydrogen) atoms. The molecule has 3 aromatic rings. The highest BCUT2D eigenvalue weighted by atomic mass is 32.2. The Morgan fingerprint density at radius 1 is 1.16 bits per heavy atom. The first-order valence-corrected chi connectivity index (χ1v) is 11.6. The first-order chi connectivity index (χ1) is 14.8. The molecule has 2 heterocycles. The zero-order valence-electron chi connectivity index (χ0n) is 16.8. The van der Waals surface area contributed by atoms with Crippen molar-refractivity contribution in [2.24, 2.45) is 0 Å². The number of fused-ring (bicyclic) bond motifs is 1. The van der Waals surface area contributed by atoms with Gasteiger partial charge in [0, 0.05) is 12.1 Å². The van der Waals surface area contributed by atoms with Gasteiger partial charge in [0.05, 0.1) is 16.9 Å². The molecule has 1 unspecified atom stereocenters. The Morgan fingerprint density at radius 3 is 2.65 bits per heavy atom. The number of sulfone groups is 1. The van der Waals surface area contributed by atoms with Gasteiger partial charge in [0.2, 0.25) is 11.2 Å². The third kappa shape index (κ3) is 4.88. The van der Waals surface area contributed by atoms with Gasteiger partial charge in [-0.2, -0.15) is 0 Å². The Labute approximate surface area is 178 Å². The van der Waals surface area contributed by atoms with Crippen LogP contribution in [0.15, 0.2) is 57.7 Å². The van der Waals surface area contributed by atoms with Crippen molar-refractivity contribution in [3.63, 3.8) is 0 Å². The number of nitrogens with one attached hydrogen (secondary N) is 1. The lowest BCUT2D eigenvalue weighted by molar-refractivity contribution is -0.123. The van der Waals surface area contributed by atoms with Gasteiger partial charge in [-0.15, -0.1) is 0 Å². The topological polar surface area (TPSA) is 112 Å². The van der Waals surface area contributed by atoms with Crippen LogP contribution >= 0.6 is 0 Å². The molecule has 1 atom stereocenters. The van der Waals surface area contributed by atoms with Crippen LogP contribution < -0.4 is 20.2 Å². The second-order valence-electron chi connectivity index (χ2n) is 7.35. The first-order valence-electron chi connectivity index (χ1n) is 9.74.